The molecule has 0 N–H and O–H groups in total. The van der Waals surface area contributed by atoms with Crippen LogP contribution in [-0.2, 0) is 13.1 Å². The number of likely N-dealkylation sites (N-methyl/N-ethyl adjacent to an activating group) is 1. The highest BCUT2D eigenvalue weighted by atomic mass is 35.5. The van der Waals surface area contributed by atoms with E-state index in [-0.39, 0.29) is 5.78 Å². The molecular formula is C23H25Cl2N5O. The molecule has 0 aliphatic heterocycles. The van der Waals surface area contributed by atoms with E-state index in [1.807, 2.05) is 42.8 Å². The van der Waals surface area contributed by atoms with Crippen LogP contribution >= 0.6 is 23.2 Å². The Morgan fingerprint density at radius 2 is 1.71 bits per heavy atom. The lowest BCUT2D eigenvalue weighted by Crippen LogP contribution is -2.22. The molecule has 0 fully saturated rings. The normalized spacial score (nSPS) is 11.3. The first-order valence-corrected chi connectivity index (χ1v) is 10.5. The van der Waals surface area contributed by atoms with Crippen LogP contribution in [0.4, 0.5) is 0 Å². The third-order valence-corrected chi connectivity index (χ3v) is 5.23. The molecule has 3 rings (SSSR count). The van der Waals surface area contributed by atoms with Crippen LogP contribution in [0.3, 0.4) is 0 Å². The fraction of sp³-hybridized carbons (Fsp3) is 0.261. The summed E-state index contributed by atoms with van der Waals surface area (Å²) in [6.07, 6.45) is 1.83. The molecule has 162 valence electrons. The highest BCUT2D eigenvalue weighted by Gasteiger charge is 2.23. The van der Waals surface area contributed by atoms with Gasteiger partial charge in [0, 0.05) is 22.7 Å². The molecule has 0 saturated carbocycles. The summed E-state index contributed by atoms with van der Waals surface area (Å²) in [5.74, 6) is 1.23. The number of hydrogen-bond acceptors (Lipinski definition) is 5. The summed E-state index contributed by atoms with van der Waals surface area (Å²) < 4.78 is 1.93. The molecule has 1 aromatic heterocycles. The lowest BCUT2D eigenvalue weighted by Gasteiger charge is -2.19. The van der Waals surface area contributed by atoms with Crippen molar-refractivity contribution in [1.82, 2.24) is 24.6 Å². The van der Waals surface area contributed by atoms with Gasteiger partial charge in [-0.25, -0.2) is 0 Å². The smallest absolute Gasteiger partial charge is 0.196 e. The first-order valence-electron chi connectivity index (χ1n) is 9.78. The van der Waals surface area contributed by atoms with E-state index in [4.69, 9.17) is 23.2 Å². The highest BCUT2D eigenvalue weighted by Crippen LogP contribution is 2.27. The molecule has 31 heavy (non-hydrogen) atoms. The van der Waals surface area contributed by atoms with Gasteiger partial charge in [-0.05, 0) is 51.5 Å². The first-order chi connectivity index (χ1) is 14.8. The summed E-state index contributed by atoms with van der Waals surface area (Å²) in [4.78, 5) is 17.5. The SMILES string of the molecule is C=CCN(C)Cc1nnc(CN(C)C)n1-c1ccc(Cl)cc1C(=O)c1ccccc1Cl. The largest absolute Gasteiger partial charge is 0.302 e. The van der Waals surface area contributed by atoms with Crippen molar-refractivity contribution in [2.75, 3.05) is 27.7 Å². The Hall–Kier alpha value is -2.51. The second-order valence-electron chi connectivity index (χ2n) is 7.56. The number of aromatic nitrogens is 3. The molecule has 0 atom stereocenters. The van der Waals surface area contributed by atoms with E-state index >= 15 is 0 Å². The van der Waals surface area contributed by atoms with Gasteiger partial charge in [0.2, 0.25) is 0 Å². The van der Waals surface area contributed by atoms with E-state index in [0.29, 0.717) is 46.5 Å². The molecule has 8 heteroatoms. The number of hydrogen-bond donors (Lipinski definition) is 0. The summed E-state index contributed by atoms with van der Waals surface area (Å²) in [5, 5.41) is 9.68. The van der Waals surface area contributed by atoms with Gasteiger partial charge in [0.1, 0.15) is 0 Å². The molecule has 0 radical (unpaired) electrons. The van der Waals surface area contributed by atoms with Crippen LogP contribution in [0.5, 0.6) is 0 Å². The van der Waals surface area contributed by atoms with Crippen LogP contribution in [0.2, 0.25) is 10.0 Å². The van der Waals surface area contributed by atoms with Gasteiger partial charge in [0.15, 0.2) is 17.4 Å². The van der Waals surface area contributed by atoms with Crippen molar-refractivity contribution in [3.63, 3.8) is 0 Å². The standard InChI is InChI=1S/C23H25Cl2N5O/c1-5-12-29(4)15-22-27-26-21(14-28(2)3)30(22)20-11-10-16(24)13-18(20)23(31)17-8-6-7-9-19(17)25/h5-11,13H,1,12,14-15H2,2-4H3. The monoisotopic (exact) mass is 457 g/mol. The zero-order valence-corrected chi connectivity index (χ0v) is 19.4. The molecule has 0 unspecified atom stereocenters. The van der Waals surface area contributed by atoms with E-state index in [0.717, 1.165) is 11.6 Å². The molecule has 6 nitrogen and oxygen atoms in total. The molecule has 0 spiro atoms. The van der Waals surface area contributed by atoms with E-state index in [1.54, 1.807) is 36.4 Å². The Morgan fingerprint density at radius 1 is 1.03 bits per heavy atom. The summed E-state index contributed by atoms with van der Waals surface area (Å²) in [6.45, 7) is 5.58. The fourth-order valence-corrected chi connectivity index (χ4v) is 3.72. The maximum absolute atomic E-state index is 13.5. The number of carbonyl (C=O) groups is 1. The van der Waals surface area contributed by atoms with Crippen LogP contribution in [0.25, 0.3) is 5.69 Å². The van der Waals surface area contributed by atoms with Gasteiger partial charge in [-0.2, -0.15) is 0 Å². The molecule has 1 heterocycles. The molecule has 2 aromatic carbocycles. The van der Waals surface area contributed by atoms with Crippen molar-refractivity contribution in [3.05, 3.63) is 87.9 Å². The van der Waals surface area contributed by atoms with Gasteiger partial charge in [-0.3, -0.25) is 14.3 Å². The molecule has 0 aliphatic carbocycles. The number of carbonyl (C=O) groups excluding carboxylic acids is 1. The minimum atomic E-state index is -0.210. The van der Waals surface area contributed by atoms with Crippen LogP contribution in [0.15, 0.2) is 55.1 Å². The quantitative estimate of drug-likeness (QED) is 0.350. The number of nitrogens with zero attached hydrogens (tertiary/aromatic N) is 5. The summed E-state index contributed by atoms with van der Waals surface area (Å²) >= 11 is 12.6. The van der Waals surface area contributed by atoms with Crippen LogP contribution in [0.1, 0.15) is 27.6 Å². The minimum Gasteiger partial charge on any atom is -0.302 e. The van der Waals surface area contributed by atoms with Crippen molar-refractivity contribution in [1.29, 1.82) is 0 Å². The Bertz CT molecular complexity index is 1090. The number of rotatable bonds is 9. The number of benzene rings is 2. The third kappa shape index (κ3) is 5.40. The molecule has 0 saturated heterocycles. The molecular weight excluding hydrogens is 433 g/mol. The van der Waals surface area contributed by atoms with Gasteiger partial charge in [-0.15, -0.1) is 16.8 Å². The zero-order chi connectivity index (χ0) is 22.5. The number of ketones is 1. The Kier molecular flexibility index (Phi) is 7.62. The summed E-state index contributed by atoms with van der Waals surface area (Å²) in [6, 6.07) is 12.2. The average Bonchev–Trinajstić information content (AvgIpc) is 3.09. The topological polar surface area (TPSA) is 54.3 Å². The fourth-order valence-electron chi connectivity index (χ4n) is 3.32. The molecule has 0 amide bonds. The second-order valence-corrected chi connectivity index (χ2v) is 8.41. The lowest BCUT2D eigenvalue weighted by atomic mass is 10.0. The van der Waals surface area contributed by atoms with E-state index in [1.165, 1.54) is 0 Å². The van der Waals surface area contributed by atoms with Crippen molar-refractivity contribution >= 4 is 29.0 Å². The van der Waals surface area contributed by atoms with E-state index in [2.05, 4.69) is 21.7 Å². The average molecular weight is 458 g/mol. The predicted molar refractivity (Wildman–Crippen MR) is 125 cm³/mol. The molecule has 0 aliphatic rings. The van der Waals surface area contributed by atoms with Gasteiger partial charge < -0.3 is 4.90 Å². The van der Waals surface area contributed by atoms with Crippen LogP contribution in [0, 0.1) is 0 Å². The summed E-state index contributed by atoms with van der Waals surface area (Å²) in [5.41, 5.74) is 1.52. The minimum absolute atomic E-state index is 0.210. The van der Waals surface area contributed by atoms with Crippen molar-refractivity contribution in [2.24, 2.45) is 0 Å². The lowest BCUT2D eigenvalue weighted by molar-refractivity contribution is 0.103. The Labute approximate surface area is 192 Å². The second kappa shape index (κ2) is 10.2. The Morgan fingerprint density at radius 3 is 2.35 bits per heavy atom. The van der Waals surface area contributed by atoms with Gasteiger partial charge in [0.25, 0.3) is 0 Å². The van der Waals surface area contributed by atoms with E-state index < -0.39 is 0 Å². The van der Waals surface area contributed by atoms with Gasteiger partial charge in [-0.1, -0.05) is 41.4 Å². The number of halogens is 2. The van der Waals surface area contributed by atoms with E-state index in [9.17, 15) is 4.79 Å². The molecule has 3 aromatic rings. The third-order valence-electron chi connectivity index (χ3n) is 4.67. The van der Waals surface area contributed by atoms with Crippen molar-refractivity contribution in [2.45, 2.75) is 13.1 Å². The van der Waals surface area contributed by atoms with Gasteiger partial charge in [0.05, 0.1) is 23.8 Å². The van der Waals surface area contributed by atoms with Crippen LogP contribution < -0.4 is 0 Å². The maximum Gasteiger partial charge on any atom is 0.196 e. The van der Waals surface area contributed by atoms with Crippen LogP contribution in [-0.4, -0.2) is 58.0 Å². The Balaban J connectivity index is 2.18. The maximum atomic E-state index is 13.5. The van der Waals surface area contributed by atoms with Crippen molar-refractivity contribution in [3.8, 4) is 5.69 Å². The van der Waals surface area contributed by atoms with Gasteiger partial charge >= 0.3 is 0 Å². The first kappa shape index (κ1) is 23.2. The van der Waals surface area contributed by atoms with Crippen molar-refractivity contribution < 1.29 is 4.79 Å². The highest BCUT2D eigenvalue weighted by molar-refractivity contribution is 6.35. The summed E-state index contributed by atoms with van der Waals surface area (Å²) in [7, 11) is 5.89. The predicted octanol–water partition coefficient (Wildman–Crippen LogP) is 4.48. The molecule has 0 bridgehead atoms. The zero-order valence-electron chi connectivity index (χ0n) is 17.8.